The van der Waals surface area contributed by atoms with Crippen LogP contribution < -0.4 is 5.32 Å². The van der Waals surface area contributed by atoms with Crippen LogP contribution in [0.25, 0.3) is 10.9 Å². The van der Waals surface area contributed by atoms with Crippen molar-refractivity contribution in [1.29, 1.82) is 0 Å². The number of esters is 1. The van der Waals surface area contributed by atoms with Crippen molar-refractivity contribution >= 4 is 34.4 Å². The van der Waals surface area contributed by atoms with Crippen molar-refractivity contribution in [3.8, 4) is 0 Å². The molecule has 2 aromatic rings. The van der Waals surface area contributed by atoms with Gasteiger partial charge in [0.05, 0.1) is 11.1 Å². The number of aromatic nitrogens is 1. The van der Waals surface area contributed by atoms with Gasteiger partial charge in [-0.15, -0.1) is 0 Å². The van der Waals surface area contributed by atoms with E-state index >= 15 is 0 Å². The summed E-state index contributed by atoms with van der Waals surface area (Å²) in [6, 6.07) is 7.47. The van der Waals surface area contributed by atoms with Gasteiger partial charge in [-0.25, -0.2) is 4.79 Å². The molecule has 1 aliphatic rings. The maximum atomic E-state index is 12.8. The summed E-state index contributed by atoms with van der Waals surface area (Å²) in [7, 11) is 1.76. The molecule has 0 saturated carbocycles. The Hall–Kier alpha value is -2.05. The second-order valence-electron chi connectivity index (χ2n) is 7.19. The number of carbonyl (C=O) groups is 2. The van der Waals surface area contributed by atoms with Crippen molar-refractivity contribution in [2.75, 3.05) is 13.2 Å². The van der Waals surface area contributed by atoms with E-state index in [1.807, 2.05) is 38.1 Å². The van der Waals surface area contributed by atoms with Crippen molar-refractivity contribution < 1.29 is 19.1 Å². The normalized spacial score (nSPS) is 18.0. The molecule has 2 heterocycles. The Kier molecular flexibility index (Phi) is 6.07. The third-order valence-corrected chi connectivity index (χ3v) is 5.25. The maximum absolute atomic E-state index is 12.8. The predicted octanol–water partition coefficient (Wildman–Crippen LogP) is 3.31. The number of ether oxygens (including phenoxy) is 2. The smallest absolute Gasteiger partial charge is 0.357 e. The predicted molar refractivity (Wildman–Crippen MR) is 104 cm³/mol. The quantitative estimate of drug-likeness (QED) is 0.766. The first kappa shape index (κ1) is 19.7. The molecule has 1 saturated heterocycles. The molecule has 2 atom stereocenters. The molecule has 1 aromatic heterocycles. The van der Waals surface area contributed by atoms with Gasteiger partial charge in [0.1, 0.15) is 5.69 Å². The number of para-hydroxylation sites is 1. The van der Waals surface area contributed by atoms with E-state index in [-0.39, 0.29) is 23.6 Å². The van der Waals surface area contributed by atoms with Crippen LogP contribution in [0.3, 0.4) is 0 Å². The number of rotatable bonds is 6. The fourth-order valence-electron chi connectivity index (χ4n) is 3.36. The number of nitrogens with one attached hydrogen (secondary N) is 1. The van der Waals surface area contributed by atoms with Crippen LogP contribution >= 0.6 is 11.6 Å². The lowest BCUT2D eigenvalue weighted by molar-refractivity contribution is -0.132. The largest absolute Gasteiger partial charge is 0.447 e. The Balaban J connectivity index is 1.74. The molecule has 27 heavy (non-hydrogen) atoms. The maximum Gasteiger partial charge on any atom is 0.357 e. The number of amides is 1. The second kappa shape index (κ2) is 8.31. The van der Waals surface area contributed by atoms with Crippen molar-refractivity contribution in [3.63, 3.8) is 0 Å². The number of aryl methyl sites for hydroxylation is 1. The Morgan fingerprint density at radius 2 is 2.11 bits per heavy atom. The van der Waals surface area contributed by atoms with Crippen molar-refractivity contribution in [2.45, 2.75) is 38.9 Å². The molecular formula is C20H25ClN2O4. The fraction of sp³-hybridized carbons (Fsp3) is 0.500. The second-order valence-corrected chi connectivity index (χ2v) is 7.57. The Morgan fingerprint density at radius 1 is 1.37 bits per heavy atom. The van der Waals surface area contributed by atoms with Crippen LogP contribution in [-0.2, 0) is 21.3 Å². The summed E-state index contributed by atoms with van der Waals surface area (Å²) < 4.78 is 12.8. The van der Waals surface area contributed by atoms with E-state index in [1.54, 1.807) is 11.6 Å². The number of benzene rings is 1. The van der Waals surface area contributed by atoms with Gasteiger partial charge < -0.3 is 19.4 Å². The van der Waals surface area contributed by atoms with E-state index < -0.39 is 12.1 Å². The molecule has 1 N–H and O–H groups in total. The summed E-state index contributed by atoms with van der Waals surface area (Å²) in [4.78, 5) is 25.4. The summed E-state index contributed by atoms with van der Waals surface area (Å²) in [5.41, 5.74) is 1.08. The lowest BCUT2D eigenvalue weighted by Gasteiger charge is -2.22. The van der Waals surface area contributed by atoms with Crippen molar-refractivity contribution in [1.82, 2.24) is 9.88 Å². The molecular weight excluding hydrogens is 368 g/mol. The number of halogens is 1. The third-order valence-electron chi connectivity index (χ3n) is 4.86. The van der Waals surface area contributed by atoms with Gasteiger partial charge in [0.15, 0.2) is 6.10 Å². The van der Waals surface area contributed by atoms with E-state index in [9.17, 15) is 9.59 Å². The molecule has 6 nitrogen and oxygen atoms in total. The number of hydrogen-bond donors (Lipinski definition) is 1. The Bertz CT molecular complexity index is 801. The zero-order chi connectivity index (χ0) is 19.6. The molecule has 1 fully saturated rings. The standard InChI is InChI=1S/C20H25ClN2O4/c1-12(2)18(19(24)22-11-13-7-6-10-26-13)27-20(25)17-16(21)14-8-4-5-9-15(14)23(17)3/h4-5,8-9,12-13,18H,6-7,10-11H2,1-3H3,(H,22,24)/t13-,18+/m1/s1. The van der Waals surface area contributed by atoms with Gasteiger partial charge >= 0.3 is 5.97 Å². The van der Waals surface area contributed by atoms with E-state index in [0.29, 0.717) is 11.6 Å². The summed E-state index contributed by atoms with van der Waals surface area (Å²) in [5, 5.41) is 3.95. The molecule has 0 bridgehead atoms. The van der Waals surface area contributed by atoms with E-state index in [4.69, 9.17) is 21.1 Å². The monoisotopic (exact) mass is 392 g/mol. The molecule has 0 aliphatic carbocycles. The zero-order valence-corrected chi connectivity index (χ0v) is 16.6. The van der Waals surface area contributed by atoms with Gasteiger partial charge in [-0.05, 0) is 24.8 Å². The Labute approximate surface area is 163 Å². The average Bonchev–Trinajstić information content (AvgIpc) is 3.25. The highest BCUT2D eigenvalue weighted by molar-refractivity contribution is 6.38. The molecule has 146 valence electrons. The first-order valence-corrected chi connectivity index (χ1v) is 9.61. The molecule has 1 aliphatic heterocycles. The van der Waals surface area contributed by atoms with Gasteiger partial charge in [0, 0.05) is 31.1 Å². The van der Waals surface area contributed by atoms with Crippen LogP contribution in [0.1, 0.15) is 37.2 Å². The highest BCUT2D eigenvalue weighted by Gasteiger charge is 2.30. The summed E-state index contributed by atoms with van der Waals surface area (Å²) in [6.45, 7) is 4.83. The van der Waals surface area contributed by atoms with Crippen molar-refractivity contribution in [2.24, 2.45) is 13.0 Å². The molecule has 1 amide bonds. The molecule has 0 radical (unpaired) electrons. The summed E-state index contributed by atoms with van der Waals surface area (Å²) >= 11 is 6.41. The minimum Gasteiger partial charge on any atom is -0.447 e. The van der Waals surface area contributed by atoms with E-state index in [2.05, 4.69) is 5.32 Å². The molecule has 3 rings (SSSR count). The van der Waals surface area contributed by atoms with E-state index in [0.717, 1.165) is 30.4 Å². The summed E-state index contributed by atoms with van der Waals surface area (Å²) in [5.74, 6) is -1.10. The first-order valence-electron chi connectivity index (χ1n) is 9.23. The number of fused-ring (bicyclic) bond motifs is 1. The topological polar surface area (TPSA) is 69.6 Å². The van der Waals surface area contributed by atoms with Gasteiger partial charge in [-0.3, -0.25) is 4.79 Å². The van der Waals surface area contributed by atoms with Crippen molar-refractivity contribution in [3.05, 3.63) is 35.0 Å². The molecule has 7 heteroatoms. The van der Waals surface area contributed by atoms with Crippen LogP contribution in [-0.4, -0.2) is 41.8 Å². The van der Waals surface area contributed by atoms with Gasteiger partial charge in [-0.2, -0.15) is 0 Å². The molecule has 0 unspecified atom stereocenters. The van der Waals surface area contributed by atoms with Crippen LogP contribution in [0, 0.1) is 5.92 Å². The summed E-state index contributed by atoms with van der Waals surface area (Å²) in [6.07, 6.45) is 1.07. The fourth-order valence-corrected chi connectivity index (χ4v) is 3.72. The highest BCUT2D eigenvalue weighted by Crippen LogP contribution is 2.30. The lowest BCUT2D eigenvalue weighted by Crippen LogP contribution is -2.43. The zero-order valence-electron chi connectivity index (χ0n) is 15.8. The average molecular weight is 393 g/mol. The highest BCUT2D eigenvalue weighted by atomic mass is 35.5. The third kappa shape index (κ3) is 4.12. The minimum absolute atomic E-state index is 0.0325. The first-order chi connectivity index (χ1) is 12.9. The van der Waals surface area contributed by atoms with E-state index in [1.165, 1.54) is 0 Å². The van der Waals surface area contributed by atoms with Gasteiger partial charge in [0.25, 0.3) is 5.91 Å². The Morgan fingerprint density at radius 3 is 2.74 bits per heavy atom. The molecule has 1 aromatic carbocycles. The van der Waals surface area contributed by atoms with Gasteiger partial charge in [0.2, 0.25) is 0 Å². The van der Waals surface area contributed by atoms with Crippen LogP contribution in [0.5, 0.6) is 0 Å². The van der Waals surface area contributed by atoms with Crippen LogP contribution in [0.4, 0.5) is 0 Å². The van der Waals surface area contributed by atoms with Crippen LogP contribution in [0.15, 0.2) is 24.3 Å². The minimum atomic E-state index is -0.895. The molecule has 0 spiro atoms. The number of hydrogen-bond acceptors (Lipinski definition) is 4. The SMILES string of the molecule is CC(C)[C@H](OC(=O)c1c(Cl)c2ccccc2n1C)C(=O)NC[C@H]1CCCO1. The number of carbonyl (C=O) groups excluding carboxylic acids is 2. The number of nitrogens with zero attached hydrogens (tertiary/aromatic N) is 1. The van der Waals surface area contributed by atoms with Gasteiger partial charge in [-0.1, -0.05) is 43.6 Å². The lowest BCUT2D eigenvalue weighted by atomic mass is 10.1. The van der Waals surface area contributed by atoms with Crippen LogP contribution in [0.2, 0.25) is 5.02 Å².